The summed E-state index contributed by atoms with van der Waals surface area (Å²) in [5, 5.41) is 0. The summed E-state index contributed by atoms with van der Waals surface area (Å²) in [6.07, 6.45) is 4.26. The molecule has 3 atom stereocenters. The maximum Gasteiger partial charge on any atom is -0.0300 e. The average molecular weight is 198 g/mol. The summed E-state index contributed by atoms with van der Waals surface area (Å²) in [6.45, 7) is 16.1. The smallest absolute Gasteiger partial charge is 0.0300 e. The Morgan fingerprint density at radius 1 is 1.21 bits per heavy atom. The molecule has 14 heavy (non-hydrogen) atoms. The lowest BCUT2D eigenvalue weighted by molar-refractivity contribution is 0.210. The average Bonchev–Trinajstić information content (AvgIpc) is 2.34. The fourth-order valence-electron chi connectivity index (χ4n) is 2.22. The molecule has 0 aliphatic heterocycles. The molecular formula is C14H30. The number of hydrogen-bond acceptors (Lipinski definition) is 0. The van der Waals surface area contributed by atoms with Crippen molar-refractivity contribution in [1.82, 2.24) is 0 Å². The van der Waals surface area contributed by atoms with E-state index in [1.54, 1.807) is 0 Å². The lowest BCUT2D eigenvalue weighted by Crippen LogP contribution is -2.20. The normalized spacial score (nSPS) is 36.9. The Kier molecular flexibility index (Phi) is 5.78. The molecule has 1 aliphatic rings. The van der Waals surface area contributed by atoms with E-state index in [1.165, 1.54) is 19.3 Å². The van der Waals surface area contributed by atoms with E-state index in [0.717, 1.165) is 17.8 Å². The van der Waals surface area contributed by atoms with Crippen molar-refractivity contribution in [2.75, 3.05) is 0 Å². The van der Waals surface area contributed by atoms with Crippen LogP contribution >= 0.6 is 0 Å². The number of hydrogen-bond donors (Lipinski definition) is 0. The largest absolute Gasteiger partial charge is 0.0649 e. The minimum Gasteiger partial charge on any atom is -0.0649 e. The maximum atomic E-state index is 2.45. The van der Waals surface area contributed by atoms with Crippen molar-refractivity contribution >= 4 is 0 Å². The second-order valence-corrected chi connectivity index (χ2v) is 6.04. The monoisotopic (exact) mass is 198 g/mol. The highest BCUT2D eigenvalue weighted by Gasteiger charge is 2.38. The lowest BCUT2D eigenvalue weighted by Gasteiger charge is -2.29. The van der Waals surface area contributed by atoms with Gasteiger partial charge in [-0.3, -0.25) is 0 Å². The van der Waals surface area contributed by atoms with Crippen LogP contribution in [0.25, 0.3) is 0 Å². The highest BCUT2D eigenvalue weighted by Crippen LogP contribution is 2.48. The van der Waals surface area contributed by atoms with Crippen molar-refractivity contribution in [2.24, 2.45) is 23.2 Å². The Morgan fingerprint density at radius 3 is 1.79 bits per heavy atom. The maximum absolute atomic E-state index is 2.45. The molecule has 0 heterocycles. The van der Waals surface area contributed by atoms with Gasteiger partial charge in [0.05, 0.1) is 0 Å². The number of rotatable bonds is 1. The van der Waals surface area contributed by atoms with Gasteiger partial charge in [0.1, 0.15) is 0 Å². The van der Waals surface area contributed by atoms with Crippen LogP contribution in [0.1, 0.15) is 67.7 Å². The van der Waals surface area contributed by atoms with Gasteiger partial charge in [0.15, 0.2) is 0 Å². The summed E-state index contributed by atoms with van der Waals surface area (Å²) in [5.41, 5.74) is 0.666. The lowest BCUT2D eigenvalue weighted by atomic mass is 9.77. The van der Waals surface area contributed by atoms with Gasteiger partial charge in [0.2, 0.25) is 0 Å². The molecule has 0 radical (unpaired) electrons. The first kappa shape index (κ1) is 14.0. The van der Waals surface area contributed by atoms with Crippen molar-refractivity contribution in [1.29, 1.82) is 0 Å². The van der Waals surface area contributed by atoms with Gasteiger partial charge < -0.3 is 0 Å². The van der Waals surface area contributed by atoms with Crippen LogP contribution < -0.4 is 0 Å². The first-order valence-electron chi connectivity index (χ1n) is 6.33. The highest BCUT2D eigenvalue weighted by molar-refractivity contribution is 4.88. The molecule has 1 saturated carbocycles. The van der Waals surface area contributed by atoms with E-state index < -0.39 is 0 Å². The van der Waals surface area contributed by atoms with Crippen LogP contribution in [0, 0.1) is 23.2 Å². The van der Waals surface area contributed by atoms with Gasteiger partial charge in [-0.05, 0) is 36.0 Å². The molecular weight excluding hydrogens is 168 g/mol. The molecule has 0 saturated heterocycles. The van der Waals surface area contributed by atoms with E-state index in [-0.39, 0.29) is 0 Å². The summed E-state index contributed by atoms with van der Waals surface area (Å²) in [4.78, 5) is 0. The molecule has 1 fully saturated rings. The molecule has 0 bridgehead atoms. The van der Waals surface area contributed by atoms with Crippen LogP contribution in [0.3, 0.4) is 0 Å². The van der Waals surface area contributed by atoms with Crippen LogP contribution in [0.5, 0.6) is 0 Å². The Bertz CT molecular complexity index is 145. The predicted molar refractivity (Wildman–Crippen MR) is 66.5 cm³/mol. The van der Waals surface area contributed by atoms with Gasteiger partial charge in [0.25, 0.3) is 0 Å². The second-order valence-electron chi connectivity index (χ2n) is 6.04. The molecule has 86 valence electrons. The predicted octanol–water partition coefficient (Wildman–Crippen LogP) is 5.13. The van der Waals surface area contributed by atoms with Crippen molar-refractivity contribution in [3.63, 3.8) is 0 Å². The van der Waals surface area contributed by atoms with Gasteiger partial charge in [-0.2, -0.15) is 0 Å². The van der Waals surface area contributed by atoms with Crippen molar-refractivity contribution in [3.8, 4) is 0 Å². The SMILES string of the molecule is CC(C)C.CCC1(C)CCC(C)C1C. The third-order valence-electron chi connectivity index (χ3n) is 3.93. The molecule has 0 spiro atoms. The van der Waals surface area contributed by atoms with E-state index in [1.807, 2.05) is 0 Å². The van der Waals surface area contributed by atoms with E-state index in [2.05, 4.69) is 48.5 Å². The van der Waals surface area contributed by atoms with E-state index in [4.69, 9.17) is 0 Å². The Morgan fingerprint density at radius 2 is 1.64 bits per heavy atom. The highest BCUT2D eigenvalue weighted by atomic mass is 14.4. The summed E-state index contributed by atoms with van der Waals surface area (Å²) in [6, 6.07) is 0. The zero-order chi connectivity index (χ0) is 11.4. The topological polar surface area (TPSA) is 0 Å². The quantitative estimate of drug-likeness (QED) is 0.548. The molecule has 0 nitrogen and oxygen atoms in total. The molecule has 0 aromatic carbocycles. The van der Waals surface area contributed by atoms with Gasteiger partial charge in [-0.1, -0.05) is 54.9 Å². The van der Waals surface area contributed by atoms with Crippen molar-refractivity contribution in [2.45, 2.75) is 67.7 Å². The zero-order valence-corrected chi connectivity index (χ0v) is 11.4. The zero-order valence-electron chi connectivity index (χ0n) is 11.4. The van der Waals surface area contributed by atoms with Gasteiger partial charge in [-0.25, -0.2) is 0 Å². The van der Waals surface area contributed by atoms with Crippen LogP contribution in [-0.4, -0.2) is 0 Å². The van der Waals surface area contributed by atoms with Crippen molar-refractivity contribution in [3.05, 3.63) is 0 Å². The van der Waals surface area contributed by atoms with Crippen LogP contribution in [-0.2, 0) is 0 Å². The third kappa shape index (κ3) is 4.02. The second kappa shape index (κ2) is 5.78. The van der Waals surface area contributed by atoms with Crippen LogP contribution in [0.15, 0.2) is 0 Å². The van der Waals surface area contributed by atoms with Crippen LogP contribution in [0.2, 0.25) is 0 Å². The minimum atomic E-state index is 0.666. The van der Waals surface area contributed by atoms with Crippen LogP contribution in [0.4, 0.5) is 0 Å². The minimum absolute atomic E-state index is 0.666. The molecule has 0 heteroatoms. The fourth-order valence-corrected chi connectivity index (χ4v) is 2.22. The van der Waals surface area contributed by atoms with Crippen molar-refractivity contribution < 1.29 is 0 Å². The molecule has 1 aliphatic carbocycles. The van der Waals surface area contributed by atoms with Gasteiger partial charge in [0, 0.05) is 0 Å². The molecule has 0 N–H and O–H groups in total. The van der Waals surface area contributed by atoms with Gasteiger partial charge >= 0.3 is 0 Å². The first-order chi connectivity index (χ1) is 6.33. The Labute approximate surface area is 91.5 Å². The molecule has 1 rings (SSSR count). The molecule has 0 amide bonds. The Hall–Kier alpha value is 0. The summed E-state index contributed by atoms with van der Waals surface area (Å²) in [7, 11) is 0. The summed E-state index contributed by atoms with van der Waals surface area (Å²) >= 11 is 0. The molecule has 3 unspecified atom stereocenters. The summed E-state index contributed by atoms with van der Waals surface area (Å²) in [5.74, 6) is 2.74. The Balaban J connectivity index is 0.000000364. The first-order valence-corrected chi connectivity index (χ1v) is 6.33. The molecule has 0 aromatic heterocycles. The van der Waals surface area contributed by atoms with Gasteiger partial charge in [-0.15, -0.1) is 0 Å². The van der Waals surface area contributed by atoms with E-state index in [9.17, 15) is 0 Å². The van der Waals surface area contributed by atoms with E-state index in [0.29, 0.717) is 5.41 Å². The third-order valence-corrected chi connectivity index (χ3v) is 3.93. The van der Waals surface area contributed by atoms with E-state index >= 15 is 0 Å². The summed E-state index contributed by atoms with van der Waals surface area (Å²) < 4.78 is 0. The standard InChI is InChI=1S/C10H20.C4H10/c1-5-10(4)7-6-8(2)9(10)3;1-4(2)3/h8-9H,5-7H2,1-4H3;4H,1-3H3. The molecule has 0 aromatic rings. The fraction of sp³-hybridized carbons (Fsp3) is 1.00.